The number of hydrogen-bond donors (Lipinski definition) is 2. The van der Waals surface area contributed by atoms with Gasteiger partial charge in [-0.1, -0.05) is 12.2 Å². The molecular weight excluding hydrogens is 128 g/mol. The highest BCUT2D eigenvalue weighted by Gasteiger charge is 2.27. The highest BCUT2D eigenvalue weighted by molar-refractivity contribution is 5.20. The Morgan fingerprint density at radius 3 is 2.80 bits per heavy atom. The van der Waals surface area contributed by atoms with Gasteiger partial charge in [0.05, 0.1) is 12.0 Å². The van der Waals surface area contributed by atoms with Gasteiger partial charge in [0.1, 0.15) is 5.76 Å². The lowest BCUT2D eigenvalue weighted by molar-refractivity contribution is 0.127. The molecular formula is C8H12O2. The summed E-state index contributed by atoms with van der Waals surface area (Å²) in [7, 11) is 0. The molecule has 1 rings (SSSR count). The minimum Gasteiger partial charge on any atom is -0.512 e. The lowest BCUT2D eigenvalue weighted by atomic mass is 9.83. The van der Waals surface area contributed by atoms with Crippen LogP contribution in [0, 0.1) is 5.41 Å². The minimum atomic E-state index is -0.436. The second-order valence-electron chi connectivity index (χ2n) is 2.90. The van der Waals surface area contributed by atoms with E-state index >= 15 is 0 Å². The Labute approximate surface area is 60.5 Å². The van der Waals surface area contributed by atoms with Crippen molar-refractivity contribution in [3.63, 3.8) is 0 Å². The molecule has 2 nitrogen and oxygen atoms in total. The zero-order valence-corrected chi connectivity index (χ0v) is 6.04. The van der Waals surface area contributed by atoms with Crippen LogP contribution in [-0.4, -0.2) is 16.8 Å². The topological polar surface area (TPSA) is 40.5 Å². The van der Waals surface area contributed by atoms with E-state index in [1.807, 2.05) is 13.0 Å². The highest BCUT2D eigenvalue weighted by Crippen LogP contribution is 2.31. The number of hydrogen-bond acceptors (Lipinski definition) is 2. The quantitative estimate of drug-likeness (QED) is 0.577. The SMILES string of the molecule is CC1(CO)CC=CC=C1O. The second kappa shape index (κ2) is 2.46. The van der Waals surface area contributed by atoms with Gasteiger partial charge in [0, 0.05) is 0 Å². The summed E-state index contributed by atoms with van der Waals surface area (Å²) < 4.78 is 0. The van der Waals surface area contributed by atoms with E-state index in [9.17, 15) is 5.11 Å². The van der Waals surface area contributed by atoms with Gasteiger partial charge < -0.3 is 10.2 Å². The van der Waals surface area contributed by atoms with Crippen molar-refractivity contribution < 1.29 is 10.2 Å². The molecule has 0 aromatic heterocycles. The standard InChI is InChI=1S/C8H12O2/c1-8(6-9)5-3-2-4-7(8)10/h2-4,9-10H,5-6H2,1H3. The van der Waals surface area contributed by atoms with E-state index in [0.29, 0.717) is 6.42 Å². The molecule has 0 fully saturated rings. The summed E-state index contributed by atoms with van der Waals surface area (Å²) in [5.74, 6) is 0.275. The van der Waals surface area contributed by atoms with Crippen LogP contribution >= 0.6 is 0 Å². The molecule has 0 aromatic rings. The number of allylic oxidation sites excluding steroid dienone is 3. The number of aliphatic hydroxyl groups is 2. The molecule has 56 valence electrons. The molecule has 1 unspecified atom stereocenters. The molecule has 0 amide bonds. The van der Waals surface area contributed by atoms with Crippen LogP contribution in [0.3, 0.4) is 0 Å². The summed E-state index contributed by atoms with van der Waals surface area (Å²) in [6.45, 7) is 1.84. The van der Waals surface area contributed by atoms with Gasteiger partial charge in [-0.3, -0.25) is 0 Å². The van der Waals surface area contributed by atoms with Gasteiger partial charge in [-0.05, 0) is 19.4 Å². The third-order valence-corrected chi connectivity index (χ3v) is 1.93. The monoisotopic (exact) mass is 140 g/mol. The molecule has 0 saturated carbocycles. The molecule has 1 aliphatic rings. The smallest absolute Gasteiger partial charge is 0.101 e. The molecule has 0 bridgehead atoms. The van der Waals surface area contributed by atoms with Crippen molar-refractivity contribution in [2.24, 2.45) is 5.41 Å². The Bertz CT molecular complexity index is 182. The van der Waals surface area contributed by atoms with Crippen LogP contribution < -0.4 is 0 Å². The van der Waals surface area contributed by atoms with Crippen LogP contribution in [0.15, 0.2) is 24.0 Å². The van der Waals surface area contributed by atoms with Crippen molar-refractivity contribution in [3.8, 4) is 0 Å². The van der Waals surface area contributed by atoms with E-state index in [4.69, 9.17) is 5.11 Å². The summed E-state index contributed by atoms with van der Waals surface area (Å²) in [6.07, 6.45) is 6.08. The first-order valence-corrected chi connectivity index (χ1v) is 3.36. The Morgan fingerprint density at radius 2 is 2.40 bits per heavy atom. The summed E-state index contributed by atoms with van der Waals surface area (Å²) >= 11 is 0. The Morgan fingerprint density at radius 1 is 1.70 bits per heavy atom. The van der Waals surface area contributed by atoms with Crippen LogP contribution in [0.2, 0.25) is 0 Å². The maximum absolute atomic E-state index is 9.28. The number of rotatable bonds is 1. The van der Waals surface area contributed by atoms with Crippen LogP contribution in [0.1, 0.15) is 13.3 Å². The van der Waals surface area contributed by atoms with Crippen molar-refractivity contribution in [1.82, 2.24) is 0 Å². The Kier molecular flexibility index (Phi) is 1.81. The first-order valence-electron chi connectivity index (χ1n) is 3.36. The van der Waals surface area contributed by atoms with Crippen molar-refractivity contribution in [2.45, 2.75) is 13.3 Å². The first-order chi connectivity index (χ1) is 4.69. The van der Waals surface area contributed by atoms with Gasteiger partial charge in [0.15, 0.2) is 0 Å². The largest absolute Gasteiger partial charge is 0.512 e. The molecule has 0 aliphatic heterocycles. The number of aliphatic hydroxyl groups excluding tert-OH is 2. The summed E-state index contributed by atoms with van der Waals surface area (Å²) in [4.78, 5) is 0. The molecule has 2 heteroatoms. The van der Waals surface area contributed by atoms with Gasteiger partial charge in [0.2, 0.25) is 0 Å². The fraction of sp³-hybridized carbons (Fsp3) is 0.500. The third kappa shape index (κ3) is 1.07. The van der Waals surface area contributed by atoms with Crippen LogP contribution in [0.25, 0.3) is 0 Å². The average molecular weight is 140 g/mol. The maximum Gasteiger partial charge on any atom is 0.101 e. The van der Waals surface area contributed by atoms with Gasteiger partial charge in [0.25, 0.3) is 0 Å². The Balaban J connectivity index is 2.81. The molecule has 1 atom stereocenters. The van der Waals surface area contributed by atoms with Crippen LogP contribution in [0.4, 0.5) is 0 Å². The van der Waals surface area contributed by atoms with Gasteiger partial charge >= 0.3 is 0 Å². The summed E-state index contributed by atoms with van der Waals surface area (Å²) in [5, 5.41) is 18.2. The summed E-state index contributed by atoms with van der Waals surface area (Å²) in [5.41, 5.74) is -0.436. The van der Waals surface area contributed by atoms with Gasteiger partial charge in [-0.15, -0.1) is 0 Å². The zero-order chi connectivity index (χ0) is 7.61. The lowest BCUT2D eigenvalue weighted by Gasteiger charge is -2.26. The predicted molar refractivity (Wildman–Crippen MR) is 39.7 cm³/mol. The van der Waals surface area contributed by atoms with Gasteiger partial charge in [-0.2, -0.15) is 0 Å². The van der Waals surface area contributed by atoms with Crippen molar-refractivity contribution >= 4 is 0 Å². The van der Waals surface area contributed by atoms with Crippen LogP contribution in [-0.2, 0) is 0 Å². The van der Waals surface area contributed by atoms with Crippen molar-refractivity contribution in [3.05, 3.63) is 24.0 Å². The second-order valence-corrected chi connectivity index (χ2v) is 2.90. The van der Waals surface area contributed by atoms with E-state index in [1.54, 1.807) is 12.2 Å². The van der Waals surface area contributed by atoms with Crippen LogP contribution in [0.5, 0.6) is 0 Å². The molecule has 0 spiro atoms. The minimum absolute atomic E-state index is 0.000324. The molecule has 0 aromatic carbocycles. The molecule has 1 aliphatic carbocycles. The van der Waals surface area contributed by atoms with Crippen molar-refractivity contribution in [2.75, 3.05) is 6.61 Å². The Hall–Kier alpha value is -0.760. The van der Waals surface area contributed by atoms with E-state index in [2.05, 4.69) is 0 Å². The maximum atomic E-state index is 9.28. The summed E-state index contributed by atoms with van der Waals surface area (Å²) in [6, 6.07) is 0. The van der Waals surface area contributed by atoms with E-state index < -0.39 is 5.41 Å². The lowest BCUT2D eigenvalue weighted by Crippen LogP contribution is -2.24. The van der Waals surface area contributed by atoms with E-state index in [0.717, 1.165) is 0 Å². The fourth-order valence-corrected chi connectivity index (χ4v) is 0.939. The molecule has 0 radical (unpaired) electrons. The van der Waals surface area contributed by atoms with Gasteiger partial charge in [-0.25, -0.2) is 0 Å². The molecule has 0 heterocycles. The zero-order valence-electron chi connectivity index (χ0n) is 6.04. The molecule has 0 saturated heterocycles. The highest BCUT2D eigenvalue weighted by atomic mass is 16.3. The molecule has 2 N–H and O–H groups in total. The van der Waals surface area contributed by atoms with Crippen molar-refractivity contribution in [1.29, 1.82) is 0 Å². The first kappa shape index (κ1) is 7.35. The third-order valence-electron chi connectivity index (χ3n) is 1.93. The van der Waals surface area contributed by atoms with E-state index in [-0.39, 0.29) is 12.4 Å². The fourth-order valence-electron chi connectivity index (χ4n) is 0.939. The predicted octanol–water partition coefficient (Wildman–Crippen LogP) is 1.39. The van der Waals surface area contributed by atoms with E-state index in [1.165, 1.54) is 0 Å². The normalized spacial score (nSPS) is 32.0. The molecule has 10 heavy (non-hydrogen) atoms. The average Bonchev–Trinajstić information content (AvgIpc) is 1.96.